The number of rotatable bonds is 1. The number of nitrogens with one attached hydrogen (secondary N) is 3. The number of carbonyl (C=O) groups is 2. The highest BCUT2D eigenvalue weighted by Gasteiger charge is 2.42. The van der Waals surface area contributed by atoms with Crippen molar-refractivity contribution in [2.45, 2.75) is 38.3 Å². The van der Waals surface area contributed by atoms with Crippen molar-refractivity contribution in [1.82, 2.24) is 16.0 Å². The van der Waals surface area contributed by atoms with Crippen LogP contribution in [-0.2, 0) is 9.59 Å². The largest absolute Gasteiger partial charge is 0.342 e. The molecule has 1 unspecified atom stereocenters. The standard InChI is InChI=1S/C11H19N3O2/c1-11(2)10(16)13-8(9(15)14-11)7-3-5-12-6-4-7/h7-8,12H,3-6H2,1-2H3,(H,13,16)(H,14,15). The van der Waals surface area contributed by atoms with Crippen LogP contribution in [0, 0.1) is 5.92 Å². The Hall–Kier alpha value is -1.10. The fraction of sp³-hybridized carbons (Fsp3) is 0.818. The van der Waals surface area contributed by atoms with E-state index in [9.17, 15) is 9.59 Å². The lowest BCUT2D eigenvalue weighted by Crippen LogP contribution is -2.68. The van der Waals surface area contributed by atoms with Gasteiger partial charge in [-0.05, 0) is 45.7 Å². The van der Waals surface area contributed by atoms with Crippen LogP contribution in [0.3, 0.4) is 0 Å². The Balaban J connectivity index is 2.06. The molecule has 2 aliphatic rings. The van der Waals surface area contributed by atoms with Gasteiger partial charge in [0.1, 0.15) is 11.6 Å². The molecule has 0 aromatic heterocycles. The monoisotopic (exact) mass is 225 g/mol. The normalized spacial score (nSPS) is 30.8. The Bertz CT molecular complexity index is 308. The zero-order valence-electron chi connectivity index (χ0n) is 9.80. The Morgan fingerprint density at radius 3 is 2.44 bits per heavy atom. The summed E-state index contributed by atoms with van der Waals surface area (Å²) < 4.78 is 0. The molecule has 0 aromatic rings. The molecule has 0 aromatic carbocycles. The Kier molecular flexibility index (Phi) is 2.88. The number of piperazine rings is 1. The second-order valence-corrected chi connectivity index (χ2v) is 5.15. The summed E-state index contributed by atoms with van der Waals surface area (Å²) in [4.78, 5) is 23.7. The maximum atomic E-state index is 11.9. The second kappa shape index (κ2) is 4.05. The molecule has 2 heterocycles. The van der Waals surface area contributed by atoms with Crippen molar-refractivity contribution >= 4 is 11.8 Å². The predicted octanol–water partition coefficient (Wildman–Crippen LogP) is -0.621. The van der Waals surface area contributed by atoms with Crippen LogP contribution in [0.25, 0.3) is 0 Å². The van der Waals surface area contributed by atoms with Crippen LogP contribution < -0.4 is 16.0 Å². The molecule has 0 saturated carbocycles. The fourth-order valence-corrected chi connectivity index (χ4v) is 2.34. The summed E-state index contributed by atoms with van der Waals surface area (Å²) in [5.41, 5.74) is -0.777. The van der Waals surface area contributed by atoms with Crippen molar-refractivity contribution < 1.29 is 9.59 Å². The quantitative estimate of drug-likeness (QED) is 0.557. The molecule has 90 valence electrons. The molecule has 2 saturated heterocycles. The van der Waals surface area contributed by atoms with Crippen molar-refractivity contribution in [2.24, 2.45) is 5.92 Å². The topological polar surface area (TPSA) is 70.2 Å². The highest BCUT2D eigenvalue weighted by Crippen LogP contribution is 2.20. The molecule has 3 N–H and O–H groups in total. The molecule has 5 nitrogen and oxygen atoms in total. The van der Waals surface area contributed by atoms with Gasteiger partial charge in [-0.15, -0.1) is 0 Å². The van der Waals surface area contributed by atoms with E-state index < -0.39 is 5.54 Å². The van der Waals surface area contributed by atoms with E-state index in [-0.39, 0.29) is 23.8 Å². The van der Waals surface area contributed by atoms with Gasteiger partial charge in [-0.1, -0.05) is 0 Å². The molecular formula is C11H19N3O2. The van der Waals surface area contributed by atoms with Crippen molar-refractivity contribution in [2.75, 3.05) is 13.1 Å². The number of amides is 2. The summed E-state index contributed by atoms with van der Waals surface area (Å²) in [5, 5.41) is 8.88. The van der Waals surface area contributed by atoms with Gasteiger partial charge in [0.15, 0.2) is 0 Å². The molecule has 1 atom stereocenters. The first-order chi connectivity index (χ1) is 7.50. The summed E-state index contributed by atoms with van der Waals surface area (Å²) in [5.74, 6) is 0.133. The van der Waals surface area contributed by atoms with Gasteiger partial charge < -0.3 is 16.0 Å². The van der Waals surface area contributed by atoms with Crippen LogP contribution in [-0.4, -0.2) is 36.5 Å². The molecule has 5 heteroatoms. The number of hydrogen-bond acceptors (Lipinski definition) is 3. The van der Waals surface area contributed by atoms with Crippen molar-refractivity contribution in [1.29, 1.82) is 0 Å². The van der Waals surface area contributed by atoms with E-state index in [0.717, 1.165) is 25.9 Å². The van der Waals surface area contributed by atoms with Gasteiger partial charge in [-0.3, -0.25) is 9.59 Å². The van der Waals surface area contributed by atoms with Gasteiger partial charge in [0.2, 0.25) is 11.8 Å². The lowest BCUT2D eigenvalue weighted by atomic mass is 9.86. The zero-order valence-corrected chi connectivity index (χ0v) is 9.80. The van der Waals surface area contributed by atoms with Gasteiger partial charge in [0.05, 0.1) is 0 Å². The van der Waals surface area contributed by atoms with E-state index in [1.165, 1.54) is 0 Å². The maximum Gasteiger partial charge on any atom is 0.245 e. The molecule has 2 rings (SSSR count). The SMILES string of the molecule is CC1(C)NC(=O)C(C2CCNCC2)NC1=O. The minimum Gasteiger partial charge on any atom is -0.342 e. The molecule has 0 radical (unpaired) electrons. The summed E-state index contributed by atoms with van der Waals surface area (Å²) in [6.45, 7) is 5.29. The molecule has 16 heavy (non-hydrogen) atoms. The van der Waals surface area contributed by atoms with Gasteiger partial charge in [0.25, 0.3) is 0 Å². The summed E-state index contributed by atoms with van der Waals surface area (Å²) in [6.07, 6.45) is 1.89. The minimum atomic E-state index is -0.777. The van der Waals surface area contributed by atoms with E-state index in [4.69, 9.17) is 0 Å². The Morgan fingerprint density at radius 2 is 1.81 bits per heavy atom. The number of hydrogen-bond donors (Lipinski definition) is 3. The molecule has 2 fully saturated rings. The van der Waals surface area contributed by atoms with Gasteiger partial charge in [-0.25, -0.2) is 0 Å². The molecule has 0 aliphatic carbocycles. The van der Waals surface area contributed by atoms with E-state index in [2.05, 4.69) is 16.0 Å². The van der Waals surface area contributed by atoms with Crippen LogP contribution in [0.15, 0.2) is 0 Å². The Labute approximate surface area is 95.3 Å². The summed E-state index contributed by atoms with van der Waals surface area (Å²) in [6, 6.07) is -0.345. The first kappa shape index (κ1) is 11.4. The average Bonchev–Trinajstić information content (AvgIpc) is 2.24. The molecular weight excluding hydrogens is 206 g/mol. The van der Waals surface area contributed by atoms with E-state index in [0.29, 0.717) is 0 Å². The lowest BCUT2D eigenvalue weighted by Gasteiger charge is -2.39. The molecule has 0 bridgehead atoms. The Morgan fingerprint density at radius 1 is 1.19 bits per heavy atom. The first-order valence-electron chi connectivity index (χ1n) is 5.84. The summed E-state index contributed by atoms with van der Waals surface area (Å²) in [7, 11) is 0. The number of carbonyl (C=O) groups excluding carboxylic acids is 2. The lowest BCUT2D eigenvalue weighted by molar-refractivity contribution is -0.141. The van der Waals surface area contributed by atoms with Crippen molar-refractivity contribution in [3.8, 4) is 0 Å². The molecule has 2 amide bonds. The van der Waals surface area contributed by atoms with Gasteiger partial charge in [-0.2, -0.15) is 0 Å². The van der Waals surface area contributed by atoms with Crippen molar-refractivity contribution in [3.05, 3.63) is 0 Å². The van der Waals surface area contributed by atoms with Crippen LogP contribution in [0.4, 0.5) is 0 Å². The smallest absolute Gasteiger partial charge is 0.245 e. The maximum absolute atomic E-state index is 11.9. The van der Waals surface area contributed by atoms with Crippen LogP contribution >= 0.6 is 0 Å². The number of piperidine rings is 1. The van der Waals surface area contributed by atoms with Crippen LogP contribution in [0.5, 0.6) is 0 Å². The highest BCUT2D eigenvalue weighted by atomic mass is 16.2. The van der Waals surface area contributed by atoms with E-state index in [1.807, 2.05) is 0 Å². The average molecular weight is 225 g/mol. The van der Waals surface area contributed by atoms with Crippen molar-refractivity contribution in [3.63, 3.8) is 0 Å². The highest BCUT2D eigenvalue weighted by molar-refractivity contribution is 5.99. The molecule has 0 spiro atoms. The fourth-order valence-electron chi connectivity index (χ4n) is 2.34. The van der Waals surface area contributed by atoms with E-state index in [1.54, 1.807) is 13.8 Å². The van der Waals surface area contributed by atoms with Gasteiger partial charge in [0, 0.05) is 0 Å². The predicted molar refractivity (Wildman–Crippen MR) is 59.7 cm³/mol. The first-order valence-corrected chi connectivity index (χ1v) is 5.84. The van der Waals surface area contributed by atoms with Crippen LogP contribution in [0.2, 0.25) is 0 Å². The van der Waals surface area contributed by atoms with E-state index >= 15 is 0 Å². The third-order valence-electron chi connectivity index (χ3n) is 3.43. The minimum absolute atomic E-state index is 0.0449. The zero-order chi connectivity index (χ0) is 11.8. The second-order valence-electron chi connectivity index (χ2n) is 5.15. The third-order valence-corrected chi connectivity index (χ3v) is 3.43. The van der Waals surface area contributed by atoms with Crippen LogP contribution in [0.1, 0.15) is 26.7 Å². The molecule has 2 aliphatic heterocycles. The third kappa shape index (κ3) is 2.04. The summed E-state index contributed by atoms with van der Waals surface area (Å²) >= 11 is 0. The van der Waals surface area contributed by atoms with Gasteiger partial charge >= 0.3 is 0 Å².